The molecule has 1 saturated heterocycles. The van der Waals surface area contributed by atoms with E-state index in [1.165, 1.54) is 28.4 Å². The number of carbonyl (C=O) groups is 1. The van der Waals surface area contributed by atoms with Gasteiger partial charge in [0.25, 0.3) is 0 Å². The van der Waals surface area contributed by atoms with Gasteiger partial charge in [-0.15, -0.1) is 0 Å². The van der Waals surface area contributed by atoms with Crippen LogP contribution in [0.4, 0.5) is 20.6 Å². The van der Waals surface area contributed by atoms with Gasteiger partial charge < -0.3 is 20.4 Å². The van der Waals surface area contributed by atoms with Crippen molar-refractivity contribution in [1.29, 1.82) is 0 Å². The molecule has 0 aromatic heterocycles. The molecule has 2 atom stereocenters. The number of anilines is 2. The van der Waals surface area contributed by atoms with Crippen molar-refractivity contribution < 1.29 is 18.1 Å². The second-order valence-corrected chi connectivity index (χ2v) is 7.99. The van der Waals surface area contributed by atoms with Gasteiger partial charge in [-0.3, -0.25) is 9.11 Å². The smallest absolute Gasteiger partial charge is 0.414 e. The topological polar surface area (TPSA) is 105 Å². The second kappa shape index (κ2) is 9.07. The minimum Gasteiger partial charge on any atom is -0.442 e. The molecule has 4 N–H and O–H groups in total. The summed E-state index contributed by atoms with van der Waals surface area (Å²) in [5.41, 5.74) is 6.16. The van der Waals surface area contributed by atoms with Gasteiger partial charge >= 0.3 is 6.09 Å². The molecule has 2 unspecified atom stereocenters. The lowest BCUT2D eigenvalue weighted by Crippen LogP contribution is -2.36. The van der Waals surface area contributed by atoms with E-state index in [2.05, 4.69) is 0 Å². The van der Waals surface area contributed by atoms with Crippen molar-refractivity contribution in [3.8, 4) is 0 Å². The zero-order valence-corrected chi connectivity index (χ0v) is 16.2. The Morgan fingerprint density at radius 1 is 1.43 bits per heavy atom. The summed E-state index contributed by atoms with van der Waals surface area (Å²) in [6, 6.07) is 4.69. The molecule has 152 valence electrons. The Labute approximate surface area is 165 Å². The number of hydrogen-bond acceptors (Lipinski definition) is 7. The van der Waals surface area contributed by atoms with E-state index in [4.69, 9.17) is 16.3 Å². The van der Waals surface area contributed by atoms with Gasteiger partial charge in [-0.05, 0) is 24.6 Å². The largest absolute Gasteiger partial charge is 0.442 e. The van der Waals surface area contributed by atoms with Crippen LogP contribution in [0.5, 0.6) is 0 Å². The first kappa shape index (κ1) is 20.2. The number of nitrogens with two attached hydrogens (primary N) is 2. The molecule has 1 fully saturated rings. The van der Waals surface area contributed by atoms with Gasteiger partial charge in [-0.25, -0.2) is 15.0 Å². The molecule has 3 rings (SSSR count). The molecule has 28 heavy (non-hydrogen) atoms. The lowest BCUT2D eigenvalue weighted by molar-refractivity contribution is 0.122. The maximum atomic E-state index is 14.8. The summed E-state index contributed by atoms with van der Waals surface area (Å²) in [7, 11) is -0.947. The fourth-order valence-electron chi connectivity index (χ4n) is 3.21. The first-order valence-electron chi connectivity index (χ1n) is 8.94. The molecule has 0 bridgehead atoms. The average Bonchev–Trinajstić information content (AvgIpc) is 2.98. The number of rotatable bonds is 5. The Balaban J connectivity index is 1.70. The number of hydrogen-bond donors (Lipinski definition) is 2. The van der Waals surface area contributed by atoms with Crippen LogP contribution in [0, 0.1) is 5.82 Å². The molecule has 2 heterocycles. The highest BCUT2D eigenvalue weighted by molar-refractivity contribution is 7.87. The predicted octanol–water partition coefficient (Wildman–Crippen LogP) is 1.23. The number of halogens is 1. The minimum absolute atomic E-state index is 0.266. The lowest BCUT2D eigenvalue weighted by Gasteiger charge is -2.25. The summed E-state index contributed by atoms with van der Waals surface area (Å²) in [4.78, 5) is 15.4. The van der Waals surface area contributed by atoms with Gasteiger partial charge in [-0.1, -0.05) is 6.08 Å². The molecule has 0 spiro atoms. The van der Waals surface area contributed by atoms with Crippen LogP contribution in [0.1, 0.15) is 6.42 Å². The minimum atomic E-state index is -0.947. The summed E-state index contributed by atoms with van der Waals surface area (Å²) >= 11 is 0. The van der Waals surface area contributed by atoms with Crippen molar-refractivity contribution in [2.45, 2.75) is 12.5 Å². The monoisotopic (exact) mass is 409 g/mol. The number of cyclic esters (lactones) is 1. The number of ether oxygens (including phenoxy) is 1. The zero-order chi connectivity index (χ0) is 20.1. The Kier molecular flexibility index (Phi) is 6.53. The van der Waals surface area contributed by atoms with Crippen molar-refractivity contribution in [3.05, 3.63) is 47.9 Å². The van der Waals surface area contributed by atoms with E-state index in [9.17, 15) is 13.4 Å². The van der Waals surface area contributed by atoms with E-state index < -0.39 is 28.8 Å². The summed E-state index contributed by atoms with van der Waals surface area (Å²) in [5.74, 6) is 5.86. The molecule has 0 aliphatic carbocycles. The summed E-state index contributed by atoms with van der Waals surface area (Å²) in [6.07, 6.45) is 4.28. The maximum Gasteiger partial charge on any atom is 0.414 e. The normalized spacial score (nSPS) is 23.0. The number of hydrazine groups is 1. The van der Waals surface area contributed by atoms with Crippen LogP contribution in [0.3, 0.4) is 0 Å². The quantitative estimate of drug-likeness (QED) is 0.557. The number of benzene rings is 1. The first-order valence-corrected chi connectivity index (χ1v) is 10.3. The van der Waals surface area contributed by atoms with Crippen molar-refractivity contribution in [2.24, 2.45) is 11.6 Å². The summed E-state index contributed by atoms with van der Waals surface area (Å²) in [5, 5.41) is 2.98. The number of carbonyl (C=O) groups excluding carboxylic acids is 1. The number of nitrogens with zero attached hydrogens (tertiary/aromatic N) is 3. The Hall–Kier alpha value is -2.59. The van der Waals surface area contributed by atoms with Gasteiger partial charge in [0.2, 0.25) is 0 Å². The van der Waals surface area contributed by atoms with Crippen LogP contribution < -0.4 is 21.4 Å². The highest BCUT2D eigenvalue weighted by atomic mass is 32.2. The molecule has 2 aliphatic heterocycles. The fourth-order valence-corrected chi connectivity index (χ4v) is 4.06. The highest BCUT2D eigenvalue weighted by Crippen LogP contribution is 2.28. The summed E-state index contributed by atoms with van der Waals surface area (Å²) < 4.78 is 31.6. The highest BCUT2D eigenvalue weighted by Gasteiger charge is 2.33. The van der Waals surface area contributed by atoms with E-state index >= 15 is 0 Å². The van der Waals surface area contributed by atoms with Crippen LogP contribution in [0.25, 0.3) is 0 Å². The Morgan fingerprint density at radius 2 is 2.25 bits per heavy atom. The van der Waals surface area contributed by atoms with Crippen molar-refractivity contribution in [1.82, 2.24) is 5.01 Å². The predicted molar refractivity (Wildman–Crippen MR) is 107 cm³/mol. The third-order valence-corrected chi connectivity index (χ3v) is 5.68. The SMILES string of the molecule is NC=CN(N)CC1CN(c2ccc(N3CC=CS(=O)CCC3)c(F)c2)C(=O)O1. The van der Waals surface area contributed by atoms with Crippen LogP contribution in [-0.2, 0) is 15.5 Å². The molecule has 0 saturated carbocycles. The van der Waals surface area contributed by atoms with E-state index in [1.807, 2.05) is 4.90 Å². The van der Waals surface area contributed by atoms with Crippen LogP contribution in [0.2, 0.25) is 0 Å². The van der Waals surface area contributed by atoms with Gasteiger partial charge in [0, 0.05) is 47.4 Å². The molecule has 8 nitrogen and oxygen atoms in total. The molecule has 2 aliphatic rings. The lowest BCUT2D eigenvalue weighted by atomic mass is 10.2. The maximum absolute atomic E-state index is 14.8. The van der Waals surface area contributed by atoms with Crippen LogP contribution in [-0.4, -0.2) is 53.3 Å². The van der Waals surface area contributed by atoms with Gasteiger partial charge in [0.1, 0.15) is 11.9 Å². The Bertz CT molecular complexity index is 803. The molecule has 1 amide bonds. The van der Waals surface area contributed by atoms with Gasteiger partial charge in [0.05, 0.1) is 24.5 Å². The van der Waals surface area contributed by atoms with E-state index in [-0.39, 0.29) is 13.1 Å². The van der Waals surface area contributed by atoms with Crippen LogP contribution >= 0.6 is 0 Å². The van der Waals surface area contributed by atoms with Crippen molar-refractivity contribution in [3.63, 3.8) is 0 Å². The standard InChI is InChI=1S/C18H24FN5O3S/c19-16-11-14(24-13-15(27-18(24)25)12-23(21)8-5-20)3-4-17(16)22-6-1-9-28(26)10-2-7-22/h1,3-5,8-9,11,15H,2,6-7,10,12-13,20-21H2. The molecule has 0 radical (unpaired) electrons. The zero-order valence-electron chi connectivity index (χ0n) is 15.4. The molecule has 10 heteroatoms. The summed E-state index contributed by atoms with van der Waals surface area (Å²) in [6.45, 7) is 1.64. The average molecular weight is 409 g/mol. The molecular formula is C18H24FN5O3S. The van der Waals surface area contributed by atoms with Crippen LogP contribution in [0.15, 0.2) is 42.1 Å². The van der Waals surface area contributed by atoms with Gasteiger partial charge in [-0.2, -0.15) is 0 Å². The third kappa shape index (κ3) is 4.82. The fraction of sp³-hybridized carbons (Fsp3) is 0.389. The first-order chi connectivity index (χ1) is 13.5. The molecule has 1 aromatic carbocycles. The Morgan fingerprint density at radius 3 is 3.00 bits per heavy atom. The van der Waals surface area contributed by atoms with Crippen molar-refractivity contribution in [2.75, 3.05) is 41.7 Å². The van der Waals surface area contributed by atoms with Crippen molar-refractivity contribution >= 4 is 28.3 Å². The van der Waals surface area contributed by atoms with E-state index in [0.29, 0.717) is 36.6 Å². The van der Waals surface area contributed by atoms with Gasteiger partial charge in [0.15, 0.2) is 0 Å². The van der Waals surface area contributed by atoms with E-state index in [1.54, 1.807) is 23.6 Å². The second-order valence-electron chi connectivity index (χ2n) is 6.55. The molecule has 1 aromatic rings. The third-order valence-electron chi connectivity index (χ3n) is 4.50. The number of amides is 1. The van der Waals surface area contributed by atoms with E-state index in [0.717, 1.165) is 0 Å². The molecular weight excluding hydrogens is 385 g/mol.